The Labute approximate surface area is 71.4 Å². The van der Waals surface area contributed by atoms with Gasteiger partial charge in [-0.2, -0.15) is 0 Å². The highest BCUT2D eigenvalue weighted by Crippen LogP contribution is 2.12. The van der Waals surface area contributed by atoms with Gasteiger partial charge in [0.2, 0.25) is 0 Å². The van der Waals surface area contributed by atoms with Crippen molar-refractivity contribution >= 4 is 0 Å². The lowest BCUT2D eigenvalue weighted by Crippen LogP contribution is -2.45. The van der Waals surface area contributed by atoms with E-state index in [0.717, 1.165) is 12.1 Å². The molecule has 68 valence electrons. The first-order chi connectivity index (χ1) is 5.18. The minimum Gasteiger partial charge on any atom is -0.310 e. The molecule has 1 unspecified atom stereocenters. The summed E-state index contributed by atoms with van der Waals surface area (Å²) in [6.07, 6.45) is 4.10. The molecule has 0 bridgehead atoms. The third kappa shape index (κ3) is 3.21. The first kappa shape index (κ1) is 9.01. The van der Waals surface area contributed by atoms with Crippen molar-refractivity contribution in [3.8, 4) is 0 Å². The molecule has 0 aliphatic carbocycles. The zero-order valence-electron chi connectivity index (χ0n) is 7.93. The lowest BCUT2D eigenvalue weighted by atomic mass is 9.99. The zero-order chi connectivity index (χ0) is 8.27. The number of piperidine rings is 1. The average molecular weight is 158 g/mol. The molecule has 2 heteroatoms. The Hall–Kier alpha value is -0.0800. The minimum atomic E-state index is 0. The van der Waals surface area contributed by atoms with E-state index in [4.69, 9.17) is 0 Å². The number of hydrogen-bond donors (Lipinski definition) is 1. The highest BCUT2D eigenvalue weighted by molar-refractivity contribution is 4.78. The summed E-state index contributed by atoms with van der Waals surface area (Å²) in [6.45, 7) is 3.46. The van der Waals surface area contributed by atoms with Crippen molar-refractivity contribution in [3.63, 3.8) is 0 Å². The Morgan fingerprint density at radius 3 is 2.73 bits per heavy atom. The van der Waals surface area contributed by atoms with Gasteiger partial charge >= 0.3 is 0 Å². The smallest absolute Gasteiger partial charge is 0.0197 e. The Balaban J connectivity index is 0.00000121. The predicted molar refractivity (Wildman–Crippen MR) is 50.9 cm³/mol. The van der Waals surface area contributed by atoms with E-state index in [1.807, 2.05) is 0 Å². The maximum atomic E-state index is 3.61. The minimum absolute atomic E-state index is 0. The summed E-state index contributed by atoms with van der Waals surface area (Å²) in [5, 5.41) is 3.61. The Bertz CT molecular complexity index is 115. The second-order valence-corrected chi connectivity index (χ2v) is 3.96. The zero-order valence-corrected chi connectivity index (χ0v) is 7.93. The fourth-order valence-corrected chi connectivity index (χ4v) is 1.82. The van der Waals surface area contributed by atoms with Crippen LogP contribution in [-0.4, -0.2) is 37.6 Å². The topological polar surface area (TPSA) is 15.3 Å². The fourth-order valence-electron chi connectivity index (χ4n) is 1.82. The van der Waals surface area contributed by atoms with Crippen LogP contribution in [0.1, 0.15) is 27.6 Å². The van der Waals surface area contributed by atoms with Crippen molar-refractivity contribution in [2.24, 2.45) is 0 Å². The first-order valence-corrected chi connectivity index (χ1v) is 4.59. The van der Waals surface area contributed by atoms with E-state index in [0.29, 0.717) is 0 Å². The van der Waals surface area contributed by atoms with Crippen LogP contribution < -0.4 is 5.32 Å². The molecule has 0 aromatic carbocycles. The molecule has 2 atom stereocenters. The lowest BCUT2D eigenvalue weighted by Gasteiger charge is -2.30. The number of rotatable bonds is 2. The summed E-state index contributed by atoms with van der Waals surface area (Å²) in [6, 6.07) is 1.46. The predicted octanol–water partition coefficient (Wildman–Crippen LogP) is 1.32. The fraction of sp³-hybridized carbons (Fsp3) is 1.00. The van der Waals surface area contributed by atoms with Crippen LogP contribution >= 0.6 is 0 Å². The van der Waals surface area contributed by atoms with E-state index >= 15 is 0 Å². The summed E-state index contributed by atoms with van der Waals surface area (Å²) in [7, 11) is 4.28. The number of nitrogens with one attached hydrogen (secondary N) is 1. The molecule has 0 spiro atoms. The van der Waals surface area contributed by atoms with Gasteiger partial charge in [0.15, 0.2) is 0 Å². The van der Waals surface area contributed by atoms with Crippen molar-refractivity contribution in [1.29, 1.82) is 0 Å². The van der Waals surface area contributed by atoms with Crippen molar-refractivity contribution < 1.29 is 1.43 Å². The number of hydrogen-bond acceptors (Lipinski definition) is 2. The molecule has 1 heterocycles. The van der Waals surface area contributed by atoms with Crippen LogP contribution in [0.3, 0.4) is 0 Å². The largest absolute Gasteiger partial charge is 0.310 e. The number of nitrogens with zero attached hydrogens (tertiary/aromatic N) is 1. The Morgan fingerprint density at radius 2 is 2.18 bits per heavy atom. The monoisotopic (exact) mass is 158 g/mol. The molecule has 0 aromatic heterocycles. The van der Waals surface area contributed by atoms with Gasteiger partial charge in [0, 0.05) is 20.1 Å². The molecule has 1 aliphatic rings. The summed E-state index contributed by atoms with van der Waals surface area (Å²) in [5.41, 5.74) is 0. The second kappa shape index (κ2) is 4.07. The van der Waals surface area contributed by atoms with E-state index in [2.05, 4.69) is 31.2 Å². The van der Waals surface area contributed by atoms with Crippen LogP contribution in [0.5, 0.6) is 0 Å². The molecule has 0 amide bonds. The van der Waals surface area contributed by atoms with Crippen LogP contribution in [0.15, 0.2) is 0 Å². The first-order valence-electron chi connectivity index (χ1n) is 4.59. The van der Waals surface area contributed by atoms with Crippen molar-refractivity contribution in [3.05, 3.63) is 0 Å². The molecule has 2 nitrogen and oxygen atoms in total. The molecule has 1 saturated heterocycles. The van der Waals surface area contributed by atoms with Crippen molar-refractivity contribution in [2.75, 3.05) is 20.6 Å². The third-order valence-corrected chi connectivity index (χ3v) is 2.30. The second-order valence-electron chi connectivity index (χ2n) is 3.96. The van der Waals surface area contributed by atoms with Gasteiger partial charge in [-0.15, -0.1) is 0 Å². The normalized spacial score (nSPS) is 32.7. The van der Waals surface area contributed by atoms with Gasteiger partial charge in [0.05, 0.1) is 0 Å². The highest BCUT2D eigenvalue weighted by atomic mass is 15.1. The molecular formula is C9H22N2. The lowest BCUT2D eigenvalue weighted by molar-refractivity contribution is 0.267. The van der Waals surface area contributed by atoms with Crippen LogP contribution in [0, 0.1) is 0 Å². The molecular weight excluding hydrogens is 136 g/mol. The van der Waals surface area contributed by atoms with Gasteiger partial charge in [-0.3, -0.25) is 0 Å². The van der Waals surface area contributed by atoms with Gasteiger partial charge in [-0.05, 0) is 33.9 Å². The third-order valence-electron chi connectivity index (χ3n) is 2.30. The van der Waals surface area contributed by atoms with Crippen LogP contribution in [0.25, 0.3) is 0 Å². The molecule has 1 N–H and O–H groups in total. The molecule has 1 rings (SSSR count). The van der Waals surface area contributed by atoms with E-state index in [9.17, 15) is 0 Å². The standard InChI is InChI=1S/C9H20N2.H2/c1-8-5-4-6-9(10-8)7-11(2)3;/h8-10H,4-7H2,1-3H3;1H/t8?,9-;/m1./s1. The van der Waals surface area contributed by atoms with Gasteiger partial charge in [-0.1, -0.05) is 6.42 Å². The Morgan fingerprint density at radius 1 is 1.45 bits per heavy atom. The van der Waals surface area contributed by atoms with E-state index in [1.54, 1.807) is 0 Å². The van der Waals surface area contributed by atoms with Crippen LogP contribution in [-0.2, 0) is 0 Å². The average Bonchev–Trinajstić information content (AvgIpc) is 1.85. The van der Waals surface area contributed by atoms with Crippen molar-refractivity contribution in [2.45, 2.75) is 38.3 Å². The summed E-state index contributed by atoms with van der Waals surface area (Å²) in [5.74, 6) is 0. The SMILES string of the molecule is CC1CCC[C@H](CN(C)C)N1.[HH]. The summed E-state index contributed by atoms with van der Waals surface area (Å²) < 4.78 is 0. The van der Waals surface area contributed by atoms with E-state index in [-0.39, 0.29) is 1.43 Å². The molecule has 1 aliphatic heterocycles. The highest BCUT2D eigenvalue weighted by Gasteiger charge is 2.17. The van der Waals surface area contributed by atoms with Crippen LogP contribution in [0.4, 0.5) is 0 Å². The van der Waals surface area contributed by atoms with E-state index in [1.165, 1.54) is 25.8 Å². The molecule has 0 radical (unpaired) electrons. The molecule has 0 aromatic rings. The molecule has 1 fully saturated rings. The maximum Gasteiger partial charge on any atom is 0.0197 e. The van der Waals surface area contributed by atoms with Crippen molar-refractivity contribution in [1.82, 2.24) is 10.2 Å². The Kier molecular flexibility index (Phi) is 3.34. The summed E-state index contributed by atoms with van der Waals surface area (Å²) in [4.78, 5) is 2.26. The summed E-state index contributed by atoms with van der Waals surface area (Å²) >= 11 is 0. The maximum absolute atomic E-state index is 3.61. The van der Waals surface area contributed by atoms with E-state index < -0.39 is 0 Å². The van der Waals surface area contributed by atoms with Gasteiger partial charge < -0.3 is 10.2 Å². The quantitative estimate of drug-likeness (QED) is 0.652. The molecule has 11 heavy (non-hydrogen) atoms. The van der Waals surface area contributed by atoms with Gasteiger partial charge in [0.1, 0.15) is 0 Å². The molecule has 0 saturated carbocycles. The van der Waals surface area contributed by atoms with Gasteiger partial charge in [-0.25, -0.2) is 0 Å². The van der Waals surface area contributed by atoms with Gasteiger partial charge in [0.25, 0.3) is 0 Å². The van der Waals surface area contributed by atoms with Crippen LogP contribution in [0.2, 0.25) is 0 Å². The number of likely N-dealkylation sites (N-methyl/N-ethyl adjacent to an activating group) is 1.